The number of halogens is 1. The Morgan fingerprint density at radius 1 is 1.22 bits per heavy atom. The van der Waals surface area contributed by atoms with Gasteiger partial charge in [-0.05, 0) is 38.0 Å². The number of hydrogen-bond donors (Lipinski definition) is 1. The van der Waals surface area contributed by atoms with Gasteiger partial charge >= 0.3 is 0 Å². The molecule has 0 saturated heterocycles. The van der Waals surface area contributed by atoms with Crippen LogP contribution in [0.1, 0.15) is 28.4 Å². The van der Waals surface area contributed by atoms with Crippen LogP contribution >= 0.6 is 0 Å². The van der Waals surface area contributed by atoms with E-state index < -0.39 is 6.04 Å². The van der Waals surface area contributed by atoms with Gasteiger partial charge in [0.2, 0.25) is 0 Å². The van der Waals surface area contributed by atoms with Crippen LogP contribution in [-0.4, -0.2) is 4.98 Å². The van der Waals surface area contributed by atoms with E-state index in [9.17, 15) is 4.39 Å². The topological polar surface area (TPSA) is 38.9 Å². The van der Waals surface area contributed by atoms with E-state index in [-0.39, 0.29) is 5.82 Å². The molecular weight excluding hydrogens is 227 g/mol. The lowest BCUT2D eigenvalue weighted by molar-refractivity contribution is 0.564. The van der Waals surface area contributed by atoms with Gasteiger partial charge < -0.3 is 5.73 Å². The van der Waals surface area contributed by atoms with Crippen LogP contribution in [0.2, 0.25) is 0 Å². The summed E-state index contributed by atoms with van der Waals surface area (Å²) < 4.78 is 13.6. The predicted molar refractivity (Wildman–Crippen MR) is 70.7 cm³/mol. The molecule has 0 amide bonds. The van der Waals surface area contributed by atoms with Crippen molar-refractivity contribution in [2.24, 2.45) is 5.73 Å². The van der Waals surface area contributed by atoms with Crippen LogP contribution in [0.25, 0.3) is 0 Å². The van der Waals surface area contributed by atoms with E-state index >= 15 is 0 Å². The van der Waals surface area contributed by atoms with Crippen LogP contribution in [0.5, 0.6) is 0 Å². The van der Waals surface area contributed by atoms with Crippen molar-refractivity contribution in [1.29, 1.82) is 0 Å². The Labute approximate surface area is 107 Å². The lowest BCUT2D eigenvalue weighted by atomic mass is 9.99. The maximum Gasteiger partial charge on any atom is 0.146 e. The Morgan fingerprint density at radius 2 is 1.89 bits per heavy atom. The van der Waals surface area contributed by atoms with Gasteiger partial charge in [0, 0.05) is 6.20 Å². The van der Waals surface area contributed by atoms with Crippen molar-refractivity contribution in [3.8, 4) is 0 Å². The average Bonchev–Trinajstić information content (AvgIpc) is 2.27. The van der Waals surface area contributed by atoms with Crippen molar-refractivity contribution < 1.29 is 4.39 Å². The van der Waals surface area contributed by atoms with E-state index in [0.29, 0.717) is 12.1 Å². The highest BCUT2D eigenvalue weighted by atomic mass is 19.1. The summed E-state index contributed by atoms with van der Waals surface area (Å²) in [6, 6.07) is 8.82. The summed E-state index contributed by atoms with van der Waals surface area (Å²) >= 11 is 0. The number of pyridine rings is 1. The van der Waals surface area contributed by atoms with Gasteiger partial charge in [-0.25, -0.2) is 4.39 Å². The van der Waals surface area contributed by atoms with Crippen LogP contribution in [0.15, 0.2) is 36.5 Å². The van der Waals surface area contributed by atoms with Crippen molar-refractivity contribution in [3.05, 3.63) is 64.7 Å². The van der Waals surface area contributed by atoms with E-state index in [4.69, 9.17) is 5.73 Å². The largest absolute Gasteiger partial charge is 0.322 e. The number of nitrogens with zero attached hydrogens (tertiary/aromatic N) is 1. The average molecular weight is 244 g/mol. The molecule has 2 rings (SSSR count). The third kappa shape index (κ3) is 2.93. The zero-order chi connectivity index (χ0) is 13.1. The SMILES string of the molecule is Cc1cc(C)cc(CC(N)c2ncccc2F)c1. The van der Waals surface area contributed by atoms with E-state index in [1.165, 1.54) is 17.2 Å². The van der Waals surface area contributed by atoms with Gasteiger partial charge in [-0.3, -0.25) is 4.98 Å². The van der Waals surface area contributed by atoms with Crippen LogP contribution < -0.4 is 5.73 Å². The van der Waals surface area contributed by atoms with Gasteiger partial charge in [-0.1, -0.05) is 29.3 Å². The van der Waals surface area contributed by atoms with Gasteiger partial charge in [0.05, 0.1) is 11.7 Å². The molecule has 2 N–H and O–H groups in total. The Balaban J connectivity index is 2.21. The standard InChI is InChI=1S/C15H17FN2/c1-10-6-11(2)8-12(7-10)9-14(17)15-13(16)4-3-5-18-15/h3-8,14H,9,17H2,1-2H3. The first kappa shape index (κ1) is 12.7. The molecule has 0 bridgehead atoms. The van der Waals surface area contributed by atoms with Gasteiger partial charge in [-0.15, -0.1) is 0 Å². The Bertz CT molecular complexity index is 532. The molecule has 2 aromatic rings. The summed E-state index contributed by atoms with van der Waals surface area (Å²) in [6.45, 7) is 4.09. The molecule has 0 spiro atoms. The maximum atomic E-state index is 13.6. The van der Waals surface area contributed by atoms with Crippen molar-refractivity contribution >= 4 is 0 Å². The van der Waals surface area contributed by atoms with Crippen LogP contribution in [0.4, 0.5) is 4.39 Å². The zero-order valence-electron chi connectivity index (χ0n) is 10.7. The monoisotopic (exact) mass is 244 g/mol. The fraction of sp³-hybridized carbons (Fsp3) is 0.267. The molecule has 1 unspecified atom stereocenters. The normalized spacial score (nSPS) is 12.4. The van der Waals surface area contributed by atoms with Crippen LogP contribution in [0.3, 0.4) is 0 Å². The van der Waals surface area contributed by atoms with Crippen molar-refractivity contribution in [2.75, 3.05) is 0 Å². The fourth-order valence-electron chi connectivity index (χ4n) is 2.21. The highest BCUT2D eigenvalue weighted by Gasteiger charge is 2.13. The summed E-state index contributed by atoms with van der Waals surface area (Å²) in [5.74, 6) is -0.339. The number of benzene rings is 1. The van der Waals surface area contributed by atoms with Crippen molar-refractivity contribution in [1.82, 2.24) is 4.98 Å². The molecule has 0 aliphatic heterocycles. The minimum atomic E-state index is -0.410. The molecule has 0 aliphatic rings. The van der Waals surface area contributed by atoms with Crippen LogP contribution in [-0.2, 0) is 6.42 Å². The second kappa shape index (κ2) is 5.27. The molecule has 1 heterocycles. The van der Waals surface area contributed by atoms with E-state index in [1.807, 2.05) is 13.8 Å². The molecule has 18 heavy (non-hydrogen) atoms. The maximum absolute atomic E-state index is 13.6. The zero-order valence-corrected chi connectivity index (χ0v) is 10.7. The minimum Gasteiger partial charge on any atom is -0.322 e. The highest BCUT2D eigenvalue weighted by molar-refractivity contribution is 5.30. The van der Waals surface area contributed by atoms with Crippen molar-refractivity contribution in [3.63, 3.8) is 0 Å². The molecule has 0 saturated carbocycles. The first-order valence-corrected chi connectivity index (χ1v) is 5.99. The van der Waals surface area contributed by atoms with E-state index in [0.717, 1.165) is 5.56 Å². The van der Waals surface area contributed by atoms with E-state index in [1.54, 1.807) is 12.3 Å². The summed E-state index contributed by atoms with van der Waals surface area (Å²) in [5, 5.41) is 0. The molecule has 0 fully saturated rings. The first-order valence-electron chi connectivity index (χ1n) is 5.99. The van der Waals surface area contributed by atoms with Crippen molar-refractivity contribution in [2.45, 2.75) is 26.3 Å². The number of rotatable bonds is 3. The molecule has 1 aromatic carbocycles. The molecule has 0 aliphatic carbocycles. The molecular formula is C15H17FN2. The fourth-order valence-corrected chi connectivity index (χ4v) is 2.21. The lowest BCUT2D eigenvalue weighted by Gasteiger charge is -2.13. The van der Waals surface area contributed by atoms with E-state index in [2.05, 4.69) is 23.2 Å². The summed E-state index contributed by atoms with van der Waals surface area (Å²) in [4.78, 5) is 4.02. The molecule has 3 heteroatoms. The number of aryl methyl sites for hydroxylation is 2. The molecule has 2 nitrogen and oxygen atoms in total. The van der Waals surface area contributed by atoms with Gasteiger partial charge in [0.25, 0.3) is 0 Å². The van der Waals surface area contributed by atoms with Gasteiger partial charge in [-0.2, -0.15) is 0 Å². The Kier molecular flexibility index (Phi) is 3.72. The highest BCUT2D eigenvalue weighted by Crippen LogP contribution is 2.18. The Morgan fingerprint density at radius 3 is 2.50 bits per heavy atom. The molecule has 0 radical (unpaired) electrons. The third-order valence-corrected chi connectivity index (χ3v) is 2.88. The number of aromatic nitrogens is 1. The predicted octanol–water partition coefficient (Wildman–Crippen LogP) is 3.08. The number of nitrogens with two attached hydrogens (primary N) is 1. The van der Waals surface area contributed by atoms with Gasteiger partial charge in [0.15, 0.2) is 0 Å². The second-order valence-electron chi connectivity index (χ2n) is 4.68. The Hall–Kier alpha value is -1.74. The molecule has 94 valence electrons. The minimum absolute atomic E-state index is 0.330. The quantitative estimate of drug-likeness (QED) is 0.901. The molecule has 1 atom stereocenters. The smallest absolute Gasteiger partial charge is 0.146 e. The third-order valence-electron chi connectivity index (χ3n) is 2.88. The summed E-state index contributed by atoms with van der Waals surface area (Å²) in [6.07, 6.45) is 2.16. The summed E-state index contributed by atoms with van der Waals surface area (Å²) in [7, 11) is 0. The van der Waals surface area contributed by atoms with Crippen LogP contribution in [0, 0.1) is 19.7 Å². The van der Waals surface area contributed by atoms with Gasteiger partial charge in [0.1, 0.15) is 5.82 Å². The number of hydrogen-bond acceptors (Lipinski definition) is 2. The molecule has 1 aromatic heterocycles. The lowest BCUT2D eigenvalue weighted by Crippen LogP contribution is -2.16. The second-order valence-corrected chi connectivity index (χ2v) is 4.68. The summed E-state index contributed by atoms with van der Waals surface area (Å²) in [5.41, 5.74) is 9.86. The first-order chi connectivity index (χ1) is 8.56.